The molecule has 6 heteroatoms. The smallest absolute Gasteiger partial charge is 0.123 e. The molecule has 0 bridgehead atoms. The lowest BCUT2D eigenvalue weighted by Gasteiger charge is -2.07. The second-order valence-electron chi connectivity index (χ2n) is 6.65. The fraction of sp³-hybridized carbons (Fsp3) is 0.0435. The molecule has 0 fully saturated rings. The van der Waals surface area contributed by atoms with Crippen molar-refractivity contribution in [2.24, 2.45) is 0 Å². The molecule has 0 saturated heterocycles. The molecule has 0 amide bonds. The highest BCUT2D eigenvalue weighted by atomic mass is 35.5. The van der Waals surface area contributed by atoms with Crippen molar-refractivity contribution >= 4 is 33.4 Å². The van der Waals surface area contributed by atoms with Crippen LogP contribution >= 0.6 is 11.6 Å². The van der Waals surface area contributed by atoms with Crippen molar-refractivity contribution in [1.29, 1.82) is 0 Å². The van der Waals surface area contributed by atoms with Crippen LogP contribution in [-0.4, -0.2) is 21.9 Å². The number of nitrogens with zero attached hydrogens (tertiary/aromatic N) is 3. The lowest BCUT2D eigenvalue weighted by Crippen LogP contribution is -1.97. The highest BCUT2D eigenvalue weighted by Gasteiger charge is 2.17. The van der Waals surface area contributed by atoms with Gasteiger partial charge in [0.05, 0.1) is 23.8 Å². The van der Waals surface area contributed by atoms with Crippen molar-refractivity contribution < 1.29 is 9.13 Å². The van der Waals surface area contributed by atoms with Gasteiger partial charge in [-0.1, -0.05) is 23.7 Å². The largest absolute Gasteiger partial charge is 0.497 e. The molecule has 0 atom stereocenters. The highest BCUT2D eigenvalue weighted by molar-refractivity contribution is 6.30. The summed E-state index contributed by atoms with van der Waals surface area (Å²) < 4.78 is 20.7. The number of halogens is 2. The van der Waals surface area contributed by atoms with E-state index >= 15 is 0 Å². The van der Waals surface area contributed by atoms with Crippen molar-refractivity contribution in [2.45, 2.75) is 0 Å². The number of aromatic nitrogens is 3. The van der Waals surface area contributed by atoms with Gasteiger partial charge < -0.3 is 4.74 Å². The molecule has 0 spiro atoms. The average Bonchev–Trinajstić information content (AvgIpc) is 3.14. The summed E-state index contributed by atoms with van der Waals surface area (Å²) in [5.74, 6) is 0.433. The number of methoxy groups -OCH3 is 1. The van der Waals surface area contributed by atoms with Crippen molar-refractivity contribution in [1.82, 2.24) is 14.8 Å². The van der Waals surface area contributed by atoms with Crippen molar-refractivity contribution in [3.05, 3.63) is 83.8 Å². The maximum atomic E-state index is 13.5. The molecule has 0 N–H and O–H groups in total. The molecule has 0 unspecified atom stereocenters. The zero-order valence-corrected chi connectivity index (χ0v) is 16.2. The van der Waals surface area contributed by atoms with Crippen LogP contribution in [0.3, 0.4) is 0 Å². The van der Waals surface area contributed by atoms with Crippen LogP contribution in [0.4, 0.5) is 4.39 Å². The van der Waals surface area contributed by atoms with E-state index in [1.54, 1.807) is 19.2 Å². The fourth-order valence-electron chi connectivity index (χ4n) is 3.48. The minimum Gasteiger partial charge on any atom is -0.497 e. The normalized spacial score (nSPS) is 11.3. The van der Waals surface area contributed by atoms with E-state index in [4.69, 9.17) is 21.4 Å². The Morgan fingerprint density at radius 1 is 0.931 bits per heavy atom. The molecule has 0 saturated carbocycles. The number of ether oxygens (including phenoxy) is 1. The SMILES string of the molecule is COc1ccc2ncc3c(-c4ccc(Cl)cc4)nn(-c4ccc(F)cc4)c3c2c1. The van der Waals surface area contributed by atoms with E-state index < -0.39 is 0 Å². The summed E-state index contributed by atoms with van der Waals surface area (Å²) in [5.41, 5.74) is 4.16. The second kappa shape index (κ2) is 6.87. The molecule has 0 radical (unpaired) electrons. The molecule has 3 aromatic carbocycles. The van der Waals surface area contributed by atoms with Crippen LogP contribution in [0.25, 0.3) is 38.8 Å². The van der Waals surface area contributed by atoms with E-state index in [1.807, 2.05) is 53.3 Å². The Morgan fingerprint density at radius 3 is 2.41 bits per heavy atom. The quantitative estimate of drug-likeness (QED) is 0.368. The van der Waals surface area contributed by atoms with Gasteiger partial charge in [0.25, 0.3) is 0 Å². The Morgan fingerprint density at radius 2 is 1.69 bits per heavy atom. The van der Waals surface area contributed by atoms with Gasteiger partial charge in [0.2, 0.25) is 0 Å². The van der Waals surface area contributed by atoms with Crippen LogP contribution in [0.15, 0.2) is 72.9 Å². The van der Waals surface area contributed by atoms with E-state index in [-0.39, 0.29) is 5.82 Å². The first-order valence-corrected chi connectivity index (χ1v) is 9.39. The molecule has 29 heavy (non-hydrogen) atoms. The lowest BCUT2D eigenvalue weighted by molar-refractivity contribution is 0.415. The van der Waals surface area contributed by atoms with Crippen LogP contribution in [0.2, 0.25) is 5.02 Å². The molecule has 0 aliphatic heterocycles. The van der Waals surface area contributed by atoms with Crippen molar-refractivity contribution in [3.8, 4) is 22.7 Å². The van der Waals surface area contributed by atoms with Crippen LogP contribution in [0, 0.1) is 5.82 Å². The number of hydrogen-bond acceptors (Lipinski definition) is 3. The number of pyridine rings is 1. The molecule has 2 heterocycles. The predicted octanol–water partition coefficient (Wildman–Crippen LogP) is 6.04. The van der Waals surface area contributed by atoms with Gasteiger partial charge in [-0.3, -0.25) is 4.98 Å². The van der Waals surface area contributed by atoms with Gasteiger partial charge in [0.1, 0.15) is 17.3 Å². The maximum absolute atomic E-state index is 13.5. The molecular formula is C23H15ClFN3O. The molecule has 2 aromatic heterocycles. The van der Waals surface area contributed by atoms with Gasteiger partial charge in [0, 0.05) is 27.6 Å². The molecular weight excluding hydrogens is 389 g/mol. The molecule has 0 aliphatic rings. The van der Waals surface area contributed by atoms with Crippen molar-refractivity contribution in [2.75, 3.05) is 7.11 Å². The summed E-state index contributed by atoms with van der Waals surface area (Å²) in [6.07, 6.45) is 1.82. The summed E-state index contributed by atoms with van der Waals surface area (Å²) in [6.45, 7) is 0. The van der Waals surface area contributed by atoms with Crippen LogP contribution in [0.1, 0.15) is 0 Å². The highest BCUT2D eigenvalue weighted by Crippen LogP contribution is 2.35. The van der Waals surface area contributed by atoms with Gasteiger partial charge in [-0.25, -0.2) is 9.07 Å². The topological polar surface area (TPSA) is 39.9 Å². The summed E-state index contributed by atoms with van der Waals surface area (Å²) in [5, 5.41) is 7.31. The Labute approximate surface area is 171 Å². The molecule has 4 nitrogen and oxygen atoms in total. The molecule has 0 aliphatic carbocycles. The zero-order valence-electron chi connectivity index (χ0n) is 15.4. The summed E-state index contributed by atoms with van der Waals surface area (Å²) in [7, 11) is 1.63. The number of benzene rings is 3. The van der Waals surface area contributed by atoms with E-state index in [1.165, 1.54) is 12.1 Å². The average molecular weight is 404 g/mol. The van der Waals surface area contributed by atoms with Gasteiger partial charge in [-0.15, -0.1) is 0 Å². The molecule has 5 aromatic rings. The Balaban J connectivity index is 1.88. The van der Waals surface area contributed by atoms with Crippen LogP contribution in [-0.2, 0) is 0 Å². The van der Waals surface area contributed by atoms with Gasteiger partial charge >= 0.3 is 0 Å². The third-order valence-electron chi connectivity index (χ3n) is 4.90. The summed E-state index contributed by atoms with van der Waals surface area (Å²) in [4.78, 5) is 4.61. The standard InChI is InChI=1S/C23H15ClFN3O/c1-29-18-10-11-21-19(12-18)23-20(13-26-21)22(14-2-4-15(24)5-3-14)27-28(23)17-8-6-16(25)7-9-17/h2-13H,1H3. The fourth-order valence-corrected chi connectivity index (χ4v) is 3.61. The van der Waals surface area contributed by atoms with Gasteiger partial charge in [0.15, 0.2) is 0 Å². The monoisotopic (exact) mass is 403 g/mol. The first-order chi connectivity index (χ1) is 14.1. The van der Waals surface area contributed by atoms with Gasteiger partial charge in [-0.2, -0.15) is 5.10 Å². The minimum absolute atomic E-state index is 0.295. The third-order valence-corrected chi connectivity index (χ3v) is 5.15. The van der Waals surface area contributed by atoms with E-state index in [0.29, 0.717) is 5.02 Å². The van der Waals surface area contributed by atoms with Crippen molar-refractivity contribution in [3.63, 3.8) is 0 Å². The number of rotatable bonds is 3. The van der Waals surface area contributed by atoms with E-state index in [0.717, 1.165) is 44.5 Å². The number of fused-ring (bicyclic) bond motifs is 3. The lowest BCUT2D eigenvalue weighted by atomic mass is 10.1. The second-order valence-corrected chi connectivity index (χ2v) is 7.08. The van der Waals surface area contributed by atoms with Crippen LogP contribution < -0.4 is 4.74 Å². The minimum atomic E-state index is -0.295. The molecule has 5 rings (SSSR count). The third kappa shape index (κ3) is 3.00. The summed E-state index contributed by atoms with van der Waals surface area (Å²) >= 11 is 6.06. The number of hydrogen-bond donors (Lipinski definition) is 0. The Hall–Kier alpha value is -3.44. The van der Waals surface area contributed by atoms with Crippen LogP contribution in [0.5, 0.6) is 5.75 Å². The van der Waals surface area contributed by atoms with E-state index in [2.05, 4.69) is 4.98 Å². The maximum Gasteiger partial charge on any atom is 0.123 e. The Bertz CT molecular complexity index is 1350. The first-order valence-electron chi connectivity index (χ1n) is 9.01. The summed E-state index contributed by atoms with van der Waals surface area (Å²) in [6, 6.07) is 19.5. The molecule has 142 valence electrons. The zero-order chi connectivity index (χ0) is 20.0. The Kier molecular flexibility index (Phi) is 4.18. The van der Waals surface area contributed by atoms with E-state index in [9.17, 15) is 4.39 Å². The predicted molar refractivity (Wildman–Crippen MR) is 113 cm³/mol. The first kappa shape index (κ1) is 17.6. The van der Waals surface area contributed by atoms with Gasteiger partial charge in [-0.05, 0) is 54.6 Å².